The Morgan fingerprint density at radius 1 is 1.25 bits per heavy atom. The molecule has 3 rings (SSSR count). The van der Waals surface area contributed by atoms with E-state index in [-0.39, 0.29) is 11.1 Å². The third kappa shape index (κ3) is 3.00. The van der Waals surface area contributed by atoms with Gasteiger partial charge in [-0.1, -0.05) is 29.4 Å². The Morgan fingerprint density at radius 3 is 2.71 bits per heavy atom. The normalized spacial score (nSPS) is 15.3. The van der Waals surface area contributed by atoms with Crippen molar-refractivity contribution in [1.29, 1.82) is 0 Å². The number of carbonyl (C=O) groups is 1. The van der Waals surface area contributed by atoms with Crippen LogP contribution in [0.1, 0.15) is 11.1 Å². The number of hydrogen-bond donors (Lipinski definition) is 1. The molecule has 0 saturated carbocycles. The quantitative estimate of drug-likeness (QED) is 0.262. The molecule has 1 aliphatic heterocycles. The first-order chi connectivity index (χ1) is 11.5. The number of nitrogens with zero attached hydrogens (tertiary/aromatic N) is 2. The van der Waals surface area contributed by atoms with E-state index in [4.69, 9.17) is 4.84 Å². The number of oxime groups is 1. The molecule has 0 saturated heterocycles. The maximum atomic E-state index is 12.0. The van der Waals surface area contributed by atoms with Gasteiger partial charge in [0.2, 0.25) is 5.75 Å². The SMILES string of the molecule is O=C1ON=C(c2cccc(I)c2)C1=Cc1cccc([N+](=O)[O-])c1O. The highest BCUT2D eigenvalue weighted by Crippen LogP contribution is 2.32. The van der Waals surface area contributed by atoms with E-state index in [0.29, 0.717) is 11.3 Å². The van der Waals surface area contributed by atoms with Crippen LogP contribution in [0.25, 0.3) is 6.08 Å². The molecule has 1 heterocycles. The third-order valence-electron chi connectivity index (χ3n) is 3.34. The summed E-state index contributed by atoms with van der Waals surface area (Å²) >= 11 is 2.13. The number of nitro benzene ring substituents is 1. The van der Waals surface area contributed by atoms with Crippen LogP contribution in [0.5, 0.6) is 5.75 Å². The minimum Gasteiger partial charge on any atom is -0.502 e. The second-order valence-electron chi connectivity index (χ2n) is 4.86. The van der Waals surface area contributed by atoms with E-state index < -0.39 is 22.3 Å². The topological polar surface area (TPSA) is 102 Å². The van der Waals surface area contributed by atoms with E-state index in [1.807, 2.05) is 18.2 Å². The van der Waals surface area contributed by atoms with Crippen molar-refractivity contribution in [3.05, 3.63) is 72.8 Å². The van der Waals surface area contributed by atoms with Crippen LogP contribution in [0.2, 0.25) is 0 Å². The molecule has 0 spiro atoms. The average molecular weight is 436 g/mol. The van der Waals surface area contributed by atoms with Gasteiger partial charge >= 0.3 is 11.7 Å². The number of para-hydroxylation sites is 1. The monoisotopic (exact) mass is 436 g/mol. The van der Waals surface area contributed by atoms with Crippen LogP contribution in [-0.4, -0.2) is 21.7 Å². The Balaban J connectivity index is 2.09. The Kier molecular flexibility index (Phi) is 4.30. The number of hydrogen-bond acceptors (Lipinski definition) is 6. The molecule has 0 radical (unpaired) electrons. The standard InChI is InChI=1S/C16H9IN2O5/c17-11-5-1-3-9(7-11)14-12(16(21)24-18-14)8-10-4-2-6-13(15(10)20)19(22)23/h1-8,20H. The van der Waals surface area contributed by atoms with Crippen molar-refractivity contribution in [3.8, 4) is 5.75 Å². The van der Waals surface area contributed by atoms with Crippen molar-refractivity contribution in [1.82, 2.24) is 0 Å². The van der Waals surface area contributed by atoms with Crippen LogP contribution in [-0.2, 0) is 9.63 Å². The smallest absolute Gasteiger partial charge is 0.368 e. The maximum absolute atomic E-state index is 12.0. The van der Waals surface area contributed by atoms with Crippen LogP contribution < -0.4 is 0 Å². The zero-order valence-electron chi connectivity index (χ0n) is 12.0. The molecule has 8 heteroatoms. The molecule has 0 bridgehead atoms. The Hall–Kier alpha value is -2.75. The fourth-order valence-corrected chi connectivity index (χ4v) is 2.76. The average Bonchev–Trinajstić information content (AvgIpc) is 2.90. The zero-order chi connectivity index (χ0) is 17.3. The Labute approximate surface area is 149 Å². The van der Waals surface area contributed by atoms with Crippen molar-refractivity contribution < 1.29 is 19.7 Å². The summed E-state index contributed by atoms with van der Waals surface area (Å²) in [5, 5.41) is 24.7. The lowest BCUT2D eigenvalue weighted by Crippen LogP contribution is -2.07. The van der Waals surface area contributed by atoms with Gasteiger partial charge in [-0.15, -0.1) is 0 Å². The Bertz CT molecular complexity index is 920. The number of halogens is 1. The number of carbonyl (C=O) groups excluding carboxylic acids is 1. The number of rotatable bonds is 3. The molecule has 0 aliphatic carbocycles. The van der Waals surface area contributed by atoms with Crippen molar-refractivity contribution in [3.63, 3.8) is 0 Å². The molecule has 1 aliphatic rings. The number of aromatic hydroxyl groups is 1. The lowest BCUT2D eigenvalue weighted by atomic mass is 10.00. The van der Waals surface area contributed by atoms with Gasteiger partial charge in [0.15, 0.2) is 0 Å². The van der Waals surface area contributed by atoms with Crippen LogP contribution in [0.3, 0.4) is 0 Å². The summed E-state index contributed by atoms with van der Waals surface area (Å²) in [5.74, 6) is -1.20. The predicted molar refractivity (Wildman–Crippen MR) is 94.5 cm³/mol. The minimum absolute atomic E-state index is 0.118. The third-order valence-corrected chi connectivity index (χ3v) is 4.01. The lowest BCUT2D eigenvalue weighted by Gasteiger charge is -2.03. The summed E-state index contributed by atoms with van der Waals surface area (Å²) in [6.45, 7) is 0. The first-order valence-electron chi connectivity index (χ1n) is 6.71. The van der Waals surface area contributed by atoms with Gasteiger partial charge in [-0.25, -0.2) is 4.79 Å². The van der Waals surface area contributed by atoms with E-state index in [1.165, 1.54) is 24.3 Å². The van der Waals surface area contributed by atoms with Crippen molar-refractivity contribution in [2.24, 2.45) is 5.16 Å². The van der Waals surface area contributed by atoms with E-state index in [1.54, 1.807) is 6.07 Å². The summed E-state index contributed by atoms with van der Waals surface area (Å²) in [5.41, 5.74) is 0.793. The van der Waals surface area contributed by atoms with Gasteiger partial charge in [0, 0.05) is 20.8 Å². The second-order valence-corrected chi connectivity index (χ2v) is 6.10. The van der Waals surface area contributed by atoms with Gasteiger partial charge in [-0.2, -0.15) is 0 Å². The molecule has 0 atom stereocenters. The van der Waals surface area contributed by atoms with E-state index in [2.05, 4.69) is 27.7 Å². The summed E-state index contributed by atoms with van der Waals surface area (Å²) in [6.07, 6.45) is 1.33. The fraction of sp³-hybridized carbons (Fsp3) is 0. The largest absolute Gasteiger partial charge is 0.502 e. The van der Waals surface area contributed by atoms with Gasteiger partial charge in [0.05, 0.1) is 10.5 Å². The summed E-state index contributed by atoms with van der Waals surface area (Å²) in [6, 6.07) is 11.4. The Morgan fingerprint density at radius 2 is 2.00 bits per heavy atom. The van der Waals surface area contributed by atoms with Gasteiger partial charge in [0.25, 0.3) is 0 Å². The van der Waals surface area contributed by atoms with Crippen LogP contribution in [0.4, 0.5) is 5.69 Å². The summed E-state index contributed by atoms with van der Waals surface area (Å²) in [4.78, 5) is 26.9. The lowest BCUT2D eigenvalue weighted by molar-refractivity contribution is -0.385. The van der Waals surface area contributed by atoms with Gasteiger partial charge in [-0.05, 0) is 40.8 Å². The molecule has 0 amide bonds. The molecule has 0 aromatic heterocycles. The molecule has 0 fully saturated rings. The highest BCUT2D eigenvalue weighted by atomic mass is 127. The van der Waals surface area contributed by atoms with Crippen LogP contribution in [0, 0.1) is 13.7 Å². The predicted octanol–water partition coefficient (Wildman–Crippen LogP) is 3.25. The van der Waals surface area contributed by atoms with E-state index in [0.717, 1.165) is 3.57 Å². The zero-order valence-corrected chi connectivity index (χ0v) is 14.1. The molecule has 0 unspecified atom stereocenters. The number of phenolic OH excluding ortho intramolecular Hbond substituents is 1. The van der Waals surface area contributed by atoms with Crippen molar-refractivity contribution >= 4 is 46.0 Å². The molecule has 2 aromatic rings. The summed E-state index contributed by atoms with van der Waals surface area (Å²) in [7, 11) is 0. The highest BCUT2D eigenvalue weighted by molar-refractivity contribution is 14.1. The molecule has 1 N–H and O–H groups in total. The number of phenols is 1. The van der Waals surface area contributed by atoms with Crippen LogP contribution in [0.15, 0.2) is 53.2 Å². The molecule has 120 valence electrons. The molecular formula is C16H9IN2O5. The summed E-state index contributed by atoms with van der Waals surface area (Å²) < 4.78 is 0.949. The first kappa shape index (κ1) is 16.1. The molecule has 2 aromatic carbocycles. The van der Waals surface area contributed by atoms with Gasteiger partial charge in [0.1, 0.15) is 5.71 Å². The van der Waals surface area contributed by atoms with Crippen LogP contribution >= 0.6 is 22.6 Å². The second kappa shape index (κ2) is 6.40. The van der Waals surface area contributed by atoms with E-state index >= 15 is 0 Å². The molecule has 24 heavy (non-hydrogen) atoms. The number of nitro groups is 1. The maximum Gasteiger partial charge on any atom is 0.368 e. The first-order valence-corrected chi connectivity index (χ1v) is 7.79. The van der Waals surface area contributed by atoms with Gasteiger partial charge in [-0.3, -0.25) is 10.1 Å². The fourth-order valence-electron chi connectivity index (χ4n) is 2.22. The van der Waals surface area contributed by atoms with E-state index in [9.17, 15) is 20.0 Å². The molecule has 7 nitrogen and oxygen atoms in total. The van der Waals surface area contributed by atoms with Crippen molar-refractivity contribution in [2.45, 2.75) is 0 Å². The highest BCUT2D eigenvalue weighted by Gasteiger charge is 2.28. The minimum atomic E-state index is -0.696. The van der Waals surface area contributed by atoms with Crippen molar-refractivity contribution in [2.75, 3.05) is 0 Å². The molecular weight excluding hydrogens is 427 g/mol. The number of benzene rings is 2. The van der Waals surface area contributed by atoms with Gasteiger partial charge < -0.3 is 9.94 Å².